The van der Waals surface area contributed by atoms with Gasteiger partial charge in [0.2, 0.25) is 0 Å². The SMILES string of the molecule is Cl.O=C(O)C1CN(Cc2ccccc2)CC1c1cccc(Cl)c1. The van der Waals surface area contributed by atoms with E-state index in [-0.39, 0.29) is 24.2 Å². The Bertz CT molecular complexity index is 663. The molecule has 3 rings (SSSR count). The van der Waals surface area contributed by atoms with Gasteiger partial charge >= 0.3 is 5.97 Å². The molecule has 0 bridgehead atoms. The number of carbonyl (C=O) groups is 1. The van der Waals surface area contributed by atoms with Crippen molar-refractivity contribution < 1.29 is 9.90 Å². The Morgan fingerprint density at radius 3 is 2.52 bits per heavy atom. The Labute approximate surface area is 147 Å². The van der Waals surface area contributed by atoms with Crippen LogP contribution in [0.5, 0.6) is 0 Å². The number of halogens is 2. The van der Waals surface area contributed by atoms with Gasteiger partial charge < -0.3 is 5.11 Å². The molecule has 0 aliphatic carbocycles. The van der Waals surface area contributed by atoms with Gasteiger partial charge in [0.1, 0.15) is 0 Å². The van der Waals surface area contributed by atoms with Crippen molar-refractivity contribution in [3.8, 4) is 0 Å². The summed E-state index contributed by atoms with van der Waals surface area (Å²) in [7, 11) is 0. The summed E-state index contributed by atoms with van der Waals surface area (Å²) < 4.78 is 0. The van der Waals surface area contributed by atoms with Crippen LogP contribution >= 0.6 is 24.0 Å². The Hall–Kier alpha value is -1.55. The van der Waals surface area contributed by atoms with E-state index in [0.717, 1.165) is 18.7 Å². The summed E-state index contributed by atoms with van der Waals surface area (Å²) in [4.78, 5) is 13.8. The van der Waals surface area contributed by atoms with Crippen molar-refractivity contribution in [2.24, 2.45) is 5.92 Å². The second-order valence-corrected chi connectivity index (χ2v) is 6.22. The highest BCUT2D eigenvalue weighted by molar-refractivity contribution is 6.30. The summed E-state index contributed by atoms with van der Waals surface area (Å²) in [5, 5.41) is 10.2. The zero-order chi connectivity index (χ0) is 15.5. The molecule has 5 heteroatoms. The average molecular weight is 352 g/mol. The van der Waals surface area contributed by atoms with Gasteiger partial charge in [0.15, 0.2) is 0 Å². The first-order valence-corrected chi connectivity index (χ1v) is 7.76. The molecule has 1 heterocycles. The van der Waals surface area contributed by atoms with E-state index in [2.05, 4.69) is 17.0 Å². The molecule has 0 spiro atoms. The number of likely N-dealkylation sites (tertiary alicyclic amines) is 1. The fraction of sp³-hybridized carbons (Fsp3) is 0.278. The zero-order valence-electron chi connectivity index (χ0n) is 12.6. The van der Waals surface area contributed by atoms with Gasteiger partial charge in [0.25, 0.3) is 0 Å². The van der Waals surface area contributed by atoms with Gasteiger partial charge in [-0.05, 0) is 23.3 Å². The summed E-state index contributed by atoms with van der Waals surface area (Å²) in [6.07, 6.45) is 0. The molecular formula is C18H19Cl2NO2. The first-order chi connectivity index (χ1) is 10.6. The van der Waals surface area contributed by atoms with E-state index >= 15 is 0 Å². The summed E-state index contributed by atoms with van der Waals surface area (Å²) in [5.41, 5.74) is 2.22. The van der Waals surface area contributed by atoms with Crippen LogP contribution in [0, 0.1) is 5.92 Å². The number of hydrogen-bond donors (Lipinski definition) is 1. The lowest BCUT2D eigenvalue weighted by molar-refractivity contribution is -0.141. The van der Waals surface area contributed by atoms with Gasteiger partial charge in [-0.2, -0.15) is 0 Å². The Morgan fingerprint density at radius 2 is 1.87 bits per heavy atom. The van der Waals surface area contributed by atoms with Crippen molar-refractivity contribution in [1.82, 2.24) is 4.90 Å². The fourth-order valence-electron chi connectivity index (χ4n) is 3.18. The van der Waals surface area contributed by atoms with Gasteiger partial charge in [-0.3, -0.25) is 9.69 Å². The van der Waals surface area contributed by atoms with E-state index in [4.69, 9.17) is 11.6 Å². The molecule has 1 aliphatic rings. The maximum Gasteiger partial charge on any atom is 0.308 e. The third-order valence-corrected chi connectivity index (χ3v) is 4.47. The van der Waals surface area contributed by atoms with E-state index in [1.807, 2.05) is 42.5 Å². The summed E-state index contributed by atoms with van der Waals surface area (Å²) in [6.45, 7) is 2.09. The fourth-order valence-corrected chi connectivity index (χ4v) is 3.38. The summed E-state index contributed by atoms with van der Waals surface area (Å²) in [6, 6.07) is 17.7. The Kier molecular flexibility index (Phi) is 6.05. The van der Waals surface area contributed by atoms with Crippen molar-refractivity contribution in [3.63, 3.8) is 0 Å². The molecule has 2 aromatic carbocycles. The number of aliphatic carboxylic acids is 1. The second-order valence-electron chi connectivity index (χ2n) is 5.79. The number of hydrogen-bond acceptors (Lipinski definition) is 2. The zero-order valence-corrected chi connectivity index (χ0v) is 14.1. The van der Waals surface area contributed by atoms with Crippen molar-refractivity contribution in [2.75, 3.05) is 13.1 Å². The van der Waals surface area contributed by atoms with Crippen LogP contribution < -0.4 is 0 Å². The molecule has 1 aliphatic heterocycles. The number of rotatable bonds is 4. The van der Waals surface area contributed by atoms with Crippen LogP contribution in [-0.2, 0) is 11.3 Å². The van der Waals surface area contributed by atoms with Crippen molar-refractivity contribution in [2.45, 2.75) is 12.5 Å². The normalized spacial score (nSPS) is 20.9. The number of carboxylic acid groups (broad SMARTS) is 1. The predicted molar refractivity (Wildman–Crippen MR) is 94.3 cm³/mol. The molecule has 2 unspecified atom stereocenters. The van der Waals surface area contributed by atoms with Gasteiger partial charge in [0, 0.05) is 30.6 Å². The van der Waals surface area contributed by atoms with E-state index in [0.29, 0.717) is 11.6 Å². The lowest BCUT2D eigenvalue weighted by atomic mass is 9.89. The van der Waals surface area contributed by atoms with Crippen LogP contribution in [0.2, 0.25) is 5.02 Å². The minimum absolute atomic E-state index is 0. The van der Waals surface area contributed by atoms with E-state index in [1.165, 1.54) is 5.56 Å². The summed E-state index contributed by atoms with van der Waals surface area (Å²) >= 11 is 6.06. The third-order valence-electron chi connectivity index (χ3n) is 4.24. The molecule has 0 saturated carbocycles. The molecule has 3 nitrogen and oxygen atoms in total. The topological polar surface area (TPSA) is 40.5 Å². The number of benzene rings is 2. The van der Waals surface area contributed by atoms with Crippen LogP contribution in [0.1, 0.15) is 17.0 Å². The van der Waals surface area contributed by atoms with Crippen LogP contribution in [-0.4, -0.2) is 29.1 Å². The third kappa shape index (κ3) is 4.25. The van der Waals surface area contributed by atoms with Crippen LogP contribution in [0.25, 0.3) is 0 Å². The standard InChI is InChI=1S/C18H18ClNO2.ClH/c19-15-8-4-7-14(9-15)16-11-20(12-17(16)18(21)22)10-13-5-2-1-3-6-13;/h1-9,16-17H,10-12H2,(H,21,22);1H. The molecular weight excluding hydrogens is 333 g/mol. The molecule has 1 fully saturated rings. The highest BCUT2D eigenvalue weighted by Gasteiger charge is 2.38. The molecule has 0 radical (unpaired) electrons. The summed E-state index contributed by atoms with van der Waals surface area (Å²) in [5.74, 6) is -1.14. The van der Waals surface area contributed by atoms with E-state index in [9.17, 15) is 9.90 Å². The van der Waals surface area contributed by atoms with Crippen LogP contribution in [0.4, 0.5) is 0 Å². The minimum Gasteiger partial charge on any atom is -0.481 e. The lowest BCUT2D eigenvalue weighted by Gasteiger charge is -2.16. The van der Waals surface area contributed by atoms with Gasteiger partial charge in [-0.1, -0.05) is 54.1 Å². The molecule has 0 amide bonds. The Morgan fingerprint density at radius 1 is 1.13 bits per heavy atom. The molecule has 122 valence electrons. The quantitative estimate of drug-likeness (QED) is 0.902. The molecule has 2 atom stereocenters. The average Bonchev–Trinajstić information content (AvgIpc) is 2.92. The minimum atomic E-state index is -0.736. The molecule has 23 heavy (non-hydrogen) atoms. The highest BCUT2D eigenvalue weighted by Crippen LogP contribution is 2.34. The Balaban J connectivity index is 0.00000192. The maximum atomic E-state index is 11.6. The number of carboxylic acids is 1. The largest absolute Gasteiger partial charge is 0.481 e. The number of nitrogens with zero attached hydrogens (tertiary/aromatic N) is 1. The smallest absolute Gasteiger partial charge is 0.308 e. The predicted octanol–water partition coefficient (Wildman–Crippen LogP) is 4.06. The van der Waals surface area contributed by atoms with Gasteiger partial charge in [-0.15, -0.1) is 12.4 Å². The van der Waals surface area contributed by atoms with E-state index < -0.39 is 5.97 Å². The van der Waals surface area contributed by atoms with Gasteiger partial charge in [0.05, 0.1) is 5.92 Å². The monoisotopic (exact) mass is 351 g/mol. The first-order valence-electron chi connectivity index (χ1n) is 7.38. The molecule has 2 aromatic rings. The van der Waals surface area contributed by atoms with E-state index in [1.54, 1.807) is 0 Å². The van der Waals surface area contributed by atoms with Crippen molar-refractivity contribution in [3.05, 3.63) is 70.7 Å². The second kappa shape index (κ2) is 7.82. The highest BCUT2D eigenvalue weighted by atomic mass is 35.5. The van der Waals surface area contributed by atoms with Crippen LogP contribution in [0.15, 0.2) is 54.6 Å². The molecule has 1 N–H and O–H groups in total. The van der Waals surface area contributed by atoms with Crippen LogP contribution in [0.3, 0.4) is 0 Å². The van der Waals surface area contributed by atoms with Crippen molar-refractivity contribution in [1.29, 1.82) is 0 Å². The molecule has 0 aromatic heterocycles. The maximum absolute atomic E-state index is 11.6. The first kappa shape index (κ1) is 17.8. The lowest BCUT2D eigenvalue weighted by Crippen LogP contribution is -2.23. The van der Waals surface area contributed by atoms with Crippen molar-refractivity contribution >= 4 is 30.0 Å². The van der Waals surface area contributed by atoms with Gasteiger partial charge in [-0.25, -0.2) is 0 Å². The molecule has 1 saturated heterocycles.